The van der Waals surface area contributed by atoms with E-state index in [1.54, 1.807) is 0 Å². The Kier molecular flexibility index (Phi) is 6.46. The average molecular weight is 444 g/mol. The highest BCUT2D eigenvalue weighted by molar-refractivity contribution is 5.68. The SMILES string of the molecule is Cc1ccc(-c2cccc(Oc3ccc4c(c3)C(C)C(NC(=O)OC(C)(C)C)CC4)c2)cc1. The molecule has 2 unspecified atom stereocenters. The van der Waals surface area contributed by atoms with Crippen molar-refractivity contribution >= 4 is 6.09 Å². The quantitative estimate of drug-likeness (QED) is 0.457. The molecule has 0 saturated heterocycles. The lowest BCUT2D eigenvalue weighted by Crippen LogP contribution is -2.43. The zero-order chi connectivity index (χ0) is 23.6. The van der Waals surface area contributed by atoms with Crippen LogP contribution in [0.2, 0.25) is 0 Å². The van der Waals surface area contributed by atoms with Crippen molar-refractivity contribution in [3.63, 3.8) is 0 Å². The van der Waals surface area contributed by atoms with Crippen LogP contribution in [0.4, 0.5) is 4.79 Å². The molecule has 1 N–H and O–H groups in total. The molecule has 4 nitrogen and oxygen atoms in total. The molecule has 33 heavy (non-hydrogen) atoms. The zero-order valence-electron chi connectivity index (χ0n) is 20.1. The number of alkyl carbamates (subject to hydrolysis) is 1. The number of nitrogens with one attached hydrogen (secondary N) is 1. The van der Waals surface area contributed by atoms with Crippen LogP contribution in [0.15, 0.2) is 66.7 Å². The van der Waals surface area contributed by atoms with Crippen LogP contribution in [0.5, 0.6) is 11.5 Å². The summed E-state index contributed by atoms with van der Waals surface area (Å²) < 4.78 is 11.7. The van der Waals surface area contributed by atoms with Crippen molar-refractivity contribution in [2.45, 2.75) is 65.0 Å². The van der Waals surface area contributed by atoms with Gasteiger partial charge in [-0.25, -0.2) is 4.79 Å². The van der Waals surface area contributed by atoms with Gasteiger partial charge in [-0.2, -0.15) is 0 Å². The number of ether oxygens (including phenoxy) is 2. The van der Waals surface area contributed by atoms with Crippen LogP contribution in [0, 0.1) is 6.92 Å². The summed E-state index contributed by atoms with van der Waals surface area (Å²) in [6, 6.07) is 23.0. The highest BCUT2D eigenvalue weighted by Crippen LogP contribution is 2.36. The van der Waals surface area contributed by atoms with Gasteiger partial charge >= 0.3 is 6.09 Å². The normalized spacial score (nSPS) is 17.7. The highest BCUT2D eigenvalue weighted by atomic mass is 16.6. The standard InChI is InChI=1S/C29H33NO3/c1-19-9-11-21(12-10-19)23-7-6-8-24(17-23)32-25-15-13-22-14-16-27(20(2)26(22)18-25)30-28(31)33-29(3,4)5/h6-13,15,17-18,20,27H,14,16H2,1-5H3,(H,30,31). The van der Waals surface area contributed by atoms with Crippen LogP contribution < -0.4 is 10.1 Å². The second-order valence-electron chi connectivity index (χ2n) is 9.94. The predicted octanol–water partition coefficient (Wildman–Crippen LogP) is 7.40. The van der Waals surface area contributed by atoms with E-state index in [1.807, 2.05) is 39.0 Å². The first-order chi connectivity index (χ1) is 15.7. The minimum Gasteiger partial charge on any atom is -0.457 e. The van der Waals surface area contributed by atoms with Gasteiger partial charge < -0.3 is 14.8 Å². The fourth-order valence-electron chi connectivity index (χ4n) is 4.34. The molecule has 1 aliphatic rings. The molecule has 2 atom stereocenters. The molecule has 3 aromatic carbocycles. The molecule has 0 radical (unpaired) electrons. The Morgan fingerprint density at radius 1 is 0.939 bits per heavy atom. The molecule has 0 spiro atoms. The van der Waals surface area contributed by atoms with Crippen molar-refractivity contribution in [2.24, 2.45) is 0 Å². The monoisotopic (exact) mass is 443 g/mol. The number of benzene rings is 3. The first-order valence-electron chi connectivity index (χ1n) is 11.7. The Morgan fingerprint density at radius 3 is 2.39 bits per heavy atom. The van der Waals surface area contributed by atoms with Crippen molar-refractivity contribution in [1.29, 1.82) is 0 Å². The maximum Gasteiger partial charge on any atom is 0.407 e. The van der Waals surface area contributed by atoms with Crippen LogP contribution in [-0.4, -0.2) is 17.7 Å². The Labute approximate surface area is 196 Å². The molecule has 0 aliphatic heterocycles. The van der Waals surface area contributed by atoms with Gasteiger partial charge in [-0.05, 0) is 87.1 Å². The van der Waals surface area contributed by atoms with E-state index in [9.17, 15) is 4.79 Å². The van der Waals surface area contributed by atoms with Gasteiger partial charge in [0, 0.05) is 12.0 Å². The summed E-state index contributed by atoms with van der Waals surface area (Å²) in [6.07, 6.45) is 1.46. The summed E-state index contributed by atoms with van der Waals surface area (Å²) in [5.74, 6) is 1.78. The summed E-state index contributed by atoms with van der Waals surface area (Å²) in [6.45, 7) is 9.88. The smallest absolute Gasteiger partial charge is 0.407 e. The third-order valence-electron chi connectivity index (χ3n) is 6.09. The number of hydrogen-bond acceptors (Lipinski definition) is 3. The van der Waals surface area contributed by atoms with E-state index in [2.05, 4.69) is 67.7 Å². The van der Waals surface area contributed by atoms with Gasteiger partial charge in [0.2, 0.25) is 0 Å². The Bertz CT molecular complexity index is 1130. The van der Waals surface area contributed by atoms with Crippen LogP contribution in [0.3, 0.4) is 0 Å². The van der Waals surface area contributed by atoms with Crippen molar-refractivity contribution in [3.05, 3.63) is 83.4 Å². The first-order valence-corrected chi connectivity index (χ1v) is 11.7. The van der Waals surface area contributed by atoms with Gasteiger partial charge in [-0.3, -0.25) is 0 Å². The molecule has 0 aromatic heterocycles. The van der Waals surface area contributed by atoms with Crippen LogP contribution >= 0.6 is 0 Å². The van der Waals surface area contributed by atoms with Crippen LogP contribution in [-0.2, 0) is 11.2 Å². The minimum atomic E-state index is -0.506. The number of rotatable bonds is 4. The third-order valence-corrected chi connectivity index (χ3v) is 6.09. The predicted molar refractivity (Wildman–Crippen MR) is 133 cm³/mol. The van der Waals surface area contributed by atoms with Crippen molar-refractivity contribution in [3.8, 4) is 22.6 Å². The van der Waals surface area contributed by atoms with Crippen molar-refractivity contribution in [2.75, 3.05) is 0 Å². The third kappa shape index (κ3) is 5.75. The summed E-state index contributed by atoms with van der Waals surface area (Å²) >= 11 is 0. The van der Waals surface area contributed by atoms with E-state index < -0.39 is 5.60 Å². The van der Waals surface area contributed by atoms with E-state index in [0.717, 1.165) is 29.9 Å². The lowest BCUT2D eigenvalue weighted by atomic mass is 9.80. The molecule has 0 fully saturated rings. The van der Waals surface area contributed by atoms with E-state index in [1.165, 1.54) is 22.3 Å². The summed E-state index contributed by atoms with van der Waals surface area (Å²) in [7, 11) is 0. The van der Waals surface area contributed by atoms with Crippen molar-refractivity contribution in [1.82, 2.24) is 5.32 Å². The first kappa shape index (κ1) is 22.9. The lowest BCUT2D eigenvalue weighted by Gasteiger charge is -2.33. The molecule has 0 bridgehead atoms. The second kappa shape index (κ2) is 9.30. The van der Waals surface area contributed by atoms with E-state index in [0.29, 0.717) is 0 Å². The van der Waals surface area contributed by atoms with Crippen LogP contribution in [0.1, 0.15) is 56.7 Å². The lowest BCUT2D eigenvalue weighted by molar-refractivity contribution is 0.0493. The molecule has 172 valence electrons. The van der Waals surface area contributed by atoms with Gasteiger partial charge in [0.05, 0.1) is 0 Å². The van der Waals surface area contributed by atoms with Gasteiger partial charge in [-0.15, -0.1) is 0 Å². The van der Waals surface area contributed by atoms with E-state index in [4.69, 9.17) is 9.47 Å². The molecule has 4 rings (SSSR count). The van der Waals surface area contributed by atoms with Gasteiger partial charge in [0.1, 0.15) is 17.1 Å². The molecule has 0 saturated carbocycles. The summed E-state index contributed by atoms with van der Waals surface area (Å²) in [5.41, 5.74) is 5.56. The molecule has 1 aliphatic carbocycles. The molecule has 3 aromatic rings. The number of fused-ring (bicyclic) bond motifs is 1. The van der Waals surface area contributed by atoms with Crippen molar-refractivity contribution < 1.29 is 14.3 Å². The molecular weight excluding hydrogens is 410 g/mol. The largest absolute Gasteiger partial charge is 0.457 e. The fraction of sp³-hybridized carbons (Fsp3) is 0.345. The minimum absolute atomic E-state index is 0.0347. The second-order valence-corrected chi connectivity index (χ2v) is 9.94. The Balaban J connectivity index is 1.50. The zero-order valence-corrected chi connectivity index (χ0v) is 20.1. The van der Waals surface area contributed by atoms with E-state index >= 15 is 0 Å². The number of aryl methyl sites for hydroxylation is 2. The maximum absolute atomic E-state index is 12.3. The fourth-order valence-corrected chi connectivity index (χ4v) is 4.34. The summed E-state index contributed by atoms with van der Waals surface area (Å²) in [5, 5.41) is 3.06. The number of hydrogen-bond donors (Lipinski definition) is 1. The number of amides is 1. The molecule has 0 heterocycles. The molecule has 4 heteroatoms. The average Bonchev–Trinajstić information content (AvgIpc) is 2.75. The number of carbonyl (C=O) groups excluding carboxylic acids is 1. The van der Waals surface area contributed by atoms with Gasteiger partial charge in [0.15, 0.2) is 0 Å². The Hall–Kier alpha value is -3.27. The number of carbonyl (C=O) groups is 1. The Morgan fingerprint density at radius 2 is 1.67 bits per heavy atom. The molecular formula is C29H33NO3. The highest BCUT2D eigenvalue weighted by Gasteiger charge is 2.29. The molecule has 1 amide bonds. The summed E-state index contributed by atoms with van der Waals surface area (Å²) in [4.78, 5) is 12.3. The maximum atomic E-state index is 12.3. The van der Waals surface area contributed by atoms with Gasteiger partial charge in [-0.1, -0.05) is 55.0 Å². The van der Waals surface area contributed by atoms with E-state index in [-0.39, 0.29) is 18.1 Å². The van der Waals surface area contributed by atoms with Crippen LogP contribution in [0.25, 0.3) is 11.1 Å². The van der Waals surface area contributed by atoms with Gasteiger partial charge in [0.25, 0.3) is 0 Å². The topological polar surface area (TPSA) is 47.6 Å².